The number of aryl methyl sites for hydroxylation is 1. The third-order valence-electron chi connectivity index (χ3n) is 4.26. The lowest BCUT2D eigenvalue weighted by Gasteiger charge is -2.29. The first-order chi connectivity index (χ1) is 13.8. The summed E-state index contributed by atoms with van der Waals surface area (Å²) in [6, 6.07) is 12.5. The molecule has 8 heteroatoms. The number of rotatable bonds is 6. The number of anilines is 2. The minimum atomic E-state index is -3.73. The molecule has 0 saturated carbocycles. The molecule has 0 unspecified atom stereocenters. The van der Waals surface area contributed by atoms with Gasteiger partial charge in [0.2, 0.25) is 15.9 Å². The Kier molecular flexibility index (Phi) is 6.92. The number of benzene rings is 2. The van der Waals surface area contributed by atoms with Crippen LogP contribution in [0.4, 0.5) is 11.4 Å². The molecule has 0 aliphatic heterocycles. The van der Waals surface area contributed by atoms with E-state index in [4.69, 9.17) is 0 Å². The molecule has 2 aromatic carbocycles. The molecule has 2 aromatic rings. The van der Waals surface area contributed by atoms with Crippen LogP contribution in [-0.4, -0.2) is 38.1 Å². The minimum Gasteiger partial charge on any atom is -0.347 e. The Labute approximate surface area is 178 Å². The highest BCUT2D eigenvalue weighted by atomic mass is 32.2. The van der Waals surface area contributed by atoms with Gasteiger partial charge in [0.25, 0.3) is 5.91 Å². The van der Waals surface area contributed by atoms with Crippen molar-refractivity contribution in [3.63, 3.8) is 0 Å². The number of hydrogen-bond donors (Lipinski definition) is 2. The first-order valence-corrected chi connectivity index (χ1v) is 11.4. The molecule has 0 fully saturated rings. The van der Waals surface area contributed by atoms with Crippen LogP contribution < -0.4 is 14.9 Å². The van der Waals surface area contributed by atoms with Crippen LogP contribution >= 0.6 is 0 Å². The summed E-state index contributed by atoms with van der Waals surface area (Å²) in [5, 5.41) is 5.57. The molecule has 0 aromatic heterocycles. The van der Waals surface area contributed by atoms with Crippen molar-refractivity contribution in [2.75, 3.05) is 15.9 Å². The number of amides is 2. The van der Waals surface area contributed by atoms with Crippen molar-refractivity contribution in [1.82, 2.24) is 5.32 Å². The lowest BCUT2D eigenvalue weighted by atomic mass is 10.1. The Morgan fingerprint density at radius 2 is 1.67 bits per heavy atom. The number of para-hydroxylation sites is 1. The van der Waals surface area contributed by atoms with Gasteiger partial charge in [-0.15, -0.1) is 0 Å². The van der Waals surface area contributed by atoms with E-state index in [0.717, 1.165) is 16.1 Å². The number of nitrogens with one attached hydrogen (secondary N) is 2. The third kappa shape index (κ3) is 6.06. The Hall–Kier alpha value is -2.87. The molecule has 2 N–H and O–H groups in total. The van der Waals surface area contributed by atoms with Gasteiger partial charge in [0.05, 0.1) is 23.2 Å². The van der Waals surface area contributed by atoms with E-state index >= 15 is 0 Å². The summed E-state index contributed by atoms with van der Waals surface area (Å²) in [7, 11) is -3.73. The van der Waals surface area contributed by atoms with E-state index < -0.39 is 27.5 Å². The first kappa shape index (κ1) is 23.4. The van der Waals surface area contributed by atoms with Crippen LogP contribution in [0.3, 0.4) is 0 Å². The maximum absolute atomic E-state index is 13.0. The summed E-state index contributed by atoms with van der Waals surface area (Å²) in [5.74, 6) is -0.873. The summed E-state index contributed by atoms with van der Waals surface area (Å²) in [6.45, 7) is 8.94. The topological polar surface area (TPSA) is 95.6 Å². The number of carbonyl (C=O) groups is 2. The molecule has 0 bridgehead atoms. The van der Waals surface area contributed by atoms with Crippen molar-refractivity contribution in [3.05, 3.63) is 59.7 Å². The van der Waals surface area contributed by atoms with E-state index in [9.17, 15) is 18.0 Å². The van der Waals surface area contributed by atoms with Crippen LogP contribution in [0.5, 0.6) is 0 Å². The average molecular weight is 432 g/mol. The average Bonchev–Trinajstić information content (AvgIpc) is 2.59. The molecule has 0 aliphatic carbocycles. The minimum absolute atomic E-state index is 0.300. The number of nitrogens with zero attached hydrogens (tertiary/aromatic N) is 1. The van der Waals surface area contributed by atoms with Crippen molar-refractivity contribution in [2.45, 2.75) is 46.2 Å². The number of hydrogen-bond acceptors (Lipinski definition) is 4. The van der Waals surface area contributed by atoms with Gasteiger partial charge in [-0.05, 0) is 64.4 Å². The van der Waals surface area contributed by atoms with Gasteiger partial charge in [-0.3, -0.25) is 13.9 Å². The van der Waals surface area contributed by atoms with Crippen LogP contribution in [0.15, 0.2) is 48.5 Å². The van der Waals surface area contributed by atoms with Gasteiger partial charge in [0.1, 0.15) is 6.04 Å². The lowest BCUT2D eigenvalue weighted by Crippen LogP contribution is -2.45. The Morgan fingerprint density at radius 3 is 2.23 bits per heavy atom. The van der Waals surface area contributed by atoms with E-state index in [1.165, 1.54) is 6.92 Å². The van der Waals surface area contributed by atoms with Gasteiger partial charge in [0, 0.05) is 5.54 Å². The molecule has 0 radical (unpaired) electrons. The largest absolute Gasteiger partial charge is 0.347 e. The fourth-order valence-corrected chi connectivity index (χ4v) is 4.18. The van der Waals surface area contributed by atoms with Crippen molar-refractivity contribution in [1.29, 1.82) is 0 Å². The van der Waals surface area contributed by atoms with Gasteiger partial charge < -0.3 is 10.6 Å². The fraction of sp³-hybridized carbons (Fsp3) is 0.364. The maximum atomic E-state index is 13.0. The molecule has 0 heterocycles. The predicted octanol–water partition coefficient (Wildman–Crippen LogP) is 3.32. The van der Waals surface area contributed by atoms with Crippen LogP contribution in [0.1, 0.15) is 43.6 Å². The highest BCUT2D eigenvalue weighted by Crippen LogP contribution is 2.23. The van der Waals surface area contributed by atoms with Crippen LogP contribution in [0.2, 0.25) is 0 Å². The second-order valence-corrected chi connectivity index (χ2v) is 10.2. The second-order valence-electron chi connectivity index (χ2n) is 8.31. The number of sulfonamides is 1. The zero-order valence-corrected chi connectivity index (χ0v) is 19.0. The second kappa shape index (κ2) is 8.87. The third-order valence-corrected chi connectivity index (χ3v) is 5.50. The molecule has 30 heavy (non-hydrogen) atoms. The Morgan fingerprint density at radius 1 is 1.03 bits per heavy atom. The smallest absolute Gasteiger partial charge is 0.253 e. The van der Waals surface area contributed by atoms with Crippen molar-refractivity contribution in [2.24, 2.45) is 0 Å². The fourth-order valence-electron chi connectivity index (χ4n) is 3.01. The molecule has 7 nitrogen and oxygen atoms in total. The van der Waals surface area contributed by atoms with Crippen molar-refractivity contribution < 1.29 is 18.0 Å². The molecule has 1 atom stereocenters. The van der Waals surface area contributed by atoms with E-state index in [1.54, 1.807) is 42.5 Å². The normalized spacial score (nSPS) is 12.7. The van der Waals surface area contributed by atoms with E-state index in [1.807, 2.05) is 33.8 Å². The van der Waals surface area contributed by atoms with Gasteiger partial charge in [0.15, 0.2) is 0 Å². The standard InChI is InChI=1S/C22H29N3O4S/c1-15-10-9-11-17(14-15)25(30(6,28)29)16(2)20(26)23-19-13-8-7-12-18(19)21(27)24-22(3,4)5/h7-14,16H,1-6H3,(H,23,26)(H,24,27)/t16-/m0/s1. The SMILES string of the molecule is Cc1cccc(N([C@@H](C)C(=O)Nc2ccccc2C(=O)NC(C)(C)C)S(C)(=O)=O)c1. The molecular weight excluding hydrogens is 402 g/mol. The molecule has 2 amide bonds. The lowest BCUT2D eigenvalue weighted by molar-refractivity contribution is -0.116. The first-order valence-electron chi connectivity index (χ1n) is 9.58. The summed E-state index contributed by atoms with van der Waals surface area (Å²) in [5.41, 5.74) is 1.44. The quantitative estimate of drug-likeness (QED) is 0.733. The van der Waals surface area contributed by atoms with Gasteiger partial charge >= 0.3 is 0 Å². The summed E-state index contributed by atoms with van der Waals surface area (Å²) in [4.78, 5) is 25.6. The van der Waals surface area contributed by atoms with Crippen LogP contribution in [-0.2, 0) is 14.8 Å². The van der Waals surface area contributed by atoms with E-state index in [0.29, 0.717) is 16.9 Å². The van der Waals surface area contributed by atoms with E-state index in [2.05, 4.69) is 10.6 Å². The van der Waals surface area contributed by atoms with Gasteiger partial charge in [-0.1, -0.05) is 24.3 Å². The van der Waals surface area contributed by atoms with Gasteiger partial charge in [-0.2, -0.15) is 0 Å². The highest BCUT2D eigenvalue weighted by Gasteiger charge is 2.30. The summed E-state index contributed by atoms with van der Waals surface area (Å²) >= 11 is 0. The maximum Gasteiger partial charge on any atom is 0.253 e. The monoisotopic (exact) mass is 431 g/mol. The molecule has 0 saturated heterocycles. The molecular formula is C22H29N3O4S. The number of carbonyl (C=O) groups excluding carboxylic acids is 2. The van der Waals surface area contributed by atoms with Crippen molar-refractivity contribution >= 4 is 33.2 Å². The zero-order valence-electron chi connectivity index (χ0n) is 18.2. The predicted molar refractivity (Wildman–Crippen MR) is 120 cm³/mol. The summed E-state index contributed by atoms with van der Waals surface area (Å²) in [6.07, 6.45) is 1.06. The van der Waals surface area contributed by atoms with Crippen LogP contribution in [0.25, 0.3) is 0 Å². The molecule has 162 valence electrons. The zero-order chi connectivity index (χ0) is 22.7. The van der Waals surface area contributed by atoms with Crippen molar-refractivity contribution in [3.8, 4) is 0 Å². The Bertz CT molecular complexity index is 1040. The molecule has 0 spiro atoms. The molecule has 2 rings (SSSR count). The summed E-state index contributed by atoms with van der Waals surface area (Å²) < 4.78 is 26.0. The van der Waals surface area contributed by atoms with Crippen LogP contribution in [0, 0.1) is 6.92 Å². The Balaban J connectivity index is 2.34. The highest BCUT2D eigenvalue weighted by molar-refractivity contribution is 7.92. The molecule has 0 aliphatic rings. The van der Waals surface area contributed by atoms with E-state index in [-0.39, 0.29) is 5.91 Å². The van der Waals surface area contributed by atoms with Gasteiger partial charge in [-0.25, -0.2) is 8.42 Å².